The second-order valence-electron chi connectivity index (χ2n) is 3.91. The van der Waals surface area contributed by atoms with Crippen LogP contribution in [0.3, 0.4) is 0 Å². The molecule has 0 bridgehead atoms. The zero-order valence-corrected chi connectivity index (χ0v) is 11.3. The summed E-state index contributed by atoms with van der Waals surface area (Å²) in [6, 6.07) is 6.64. The maximum Gasteiger partial charge on any atom is 0.375 e. The summed E-state index contributed by atoms with van der Waals surface area (Å²) in [6.45, 7) is 0. The first-order valence-electron chi connectivity index (χ1n) is 5.47. The van der Waals surface area contributed by atoms with Crippen LogP contribution in [0, 0.1) is 0 Å². The Morgan fingerprint density at radius 2 is 2.05 bits per heavy atom. The molecule has 2 heterocycles. The number of aromatic nitrogens is 4. The molecule has 3 rings (SSSR count). The molecule has 0 unspecified atom stereocenters. The van der Waals surface area contributed by atoms with E-state index in [-0.39, 0.29) is 11.6 Å². The number of carboxylic acids is 1. The van der Waals surface area contributed by atoms with Gasteiger partial charge in [-0.2, -0.15) is 9.50 Å². The lowest BCUT2D eigenvalue weighted by atomic mass is 10.1. The average molecular weight is 309 g/mol. The van der Waals surface area contributed by atoms with Crippen LogP contribution in [0.2, 0.25) is 10.0 Å². The minimum absolute atomic E-state index is 0.177. The SMILES string of the molecule is O=C(O)c1nc2nccc(-c3cc(Cl)ccc3Cl)n2n1. The van der Waals surface area contributed by atoms with Crippen LogP contribution in [0.1, 0.15) is 10.6 Å². The first-order chi connectivity index (χ1) is 9.56. The number of aromatic carboxylic acids is 1. The largest absolute Gasteiger partial charge is 0.475 e. The zero-order valence-electron chi connectivity index (χ0n) is 9.79. The Bertz CT molecular complexity index is 831. The number of carboxylic acid groups (broad SMARTS) is 1. The molecule has 0 aliphatic carbocycles. The van der Waals surface area contributed by atoms with E-state index in [9.17, 15) is 4.79 Å². The van der Waals surface area contributed by atoms with Crippen LogP contribution >= 0.6 is 23.2 Å². The standard InChI is InChI=1S/C12H6Cl2N4O2/c13-6-1-2-8(14)7(5-6)9-3-4-15-12-16-10(11(19)20)17-18(9)12/h1-5H,(H,19,20). The molecule has 1 N–H and O–H groups in total. The predicted molar refractivity (Wildman–Crippen MR) is 73.2 cm³/mol. The molecule has 20 heavy (non-hydrogen) atoms. The molecule has 100 valence electrons. The van der Waals surface area contributed by atoms with E-state index in [0.29, 0.717) is 21.3 Å². The van der Waals surface area contributed by atoms with Gasteiger partial charge < -0.3 is 5.11 Å². The predicted octanol–water partition coefficient (Wildman–Crippen LogP) is 2.80. The fourth-order valence-corrected chi connectivity index (χ4v) is 2.17. The molecule has 1 aromatic carbocycles. The van der Waals surface area contributed by atoms with E-state index in [2.05, 4.69) is 15.1 Å². The van der Waals surface area contributed by atoms with Gasteiger partial charge in [0.05, 0.1) is 10.7 Å². The molecule has 0 aliphatic heterocycles. The second-order valence-corrected chi connectivity index (χ2v) is 4.75. The van der Waals surface area contributed by atoms with Gasteiger partial charge in [0.15, 0.2) is 0 Å². The van der Waals surface area contributed by atoms with Crippen LogP contribution < -0.4 is 0 Å². The van der Waals surface area contributed by atoms with Gasteiger partial charge in [-0.25, -0.2) is 9.78 Å². The molecule has 0 amide bonds. The van der Waals surface area contributed by atoms with E-state index in [1.807, 2.05) is 0 Å². The number of fused-ring (bicyclic) bond motifs is 1. The highest BCUT2D eigenvalue weighted by molar-refractivity contribution is 6.35. The summed E-state index contributed by atoms with van der Waals surface area (Å²) in [5, 5.41) is 13.8. The fourth-order valence-electron chi connectivity index (χ4n) is 1.78. The zero-order chi connectivity index (χ0) is 14.3. The quantitative estimate of drug-likeness (QED) is 0.787. The number of halogens is 2. The Morgan fingerprint density at radius 1 is 1.25 bits per heavy atom. The van der Waals surface area contributed by atoms with E-state index >= 15 is 0 Å². The van der Waals surface area contributed by atoms with E-state index in [1.165, 1.54) is 10.7 Å². The fraction of sp³-hybridized carbons (Fsp3) is 0. The van der Waals surface area contributed by atoms with E-state index in [0.717, 1.165) is 0 Å². The maximum atomic E-state index is 10.9. The average Bonchev–Trinajstić information content (AvgIpc) is 2.85. The Kier molecular flexibility index (Phi) is 3.04. The van der Waals surface area contributed by atoms with E-state index in [1.54, 1.807) is 24.3 Å². The summed E-state index contributed by atoms with van der Waals surface area (Å²) >= 11 is 12.1. The van der Waals surface area contributed by atoms with Gasteiger partial charge in [0.2, 0.25) is 0 Å². The lowest BCUT2D eigenvalue weighted by Crippen LogP contribution is -2.00. The molecule has 2 aromatic heterocycles. The van der Waals surface area contributed by atoms with Crippen molar-refractivity contribution in [3.63, 3.8) is 0 Å². The lowest BCUT2D eigenvalue weighted by molar-refractivity contribution is 0.0684. The number of carbonyl (C=O) groups is 1. The summed E-state index contributed by atoms with van der Waals surface area (Å²) in [6.07, 6.45) is 1.50. The van der Waals surface area contributed by atoms with Crippen LogP contribution in [0.5, 0.6) is 0 Å². The van der Waals surface area contributed by atoms with Gasteiger partial charge in [0, 0.05) is 16.8 Å². The molecular weight excluding hydrogens is 303 g/mol. The van der Waals surface area contributed by atoms with Crippen molar-refractivity contribution in [2.75, 3.05) is 0 Å². The number of nitrogens with zero attached hydrogens (tertiary/aromatic N) is 4. The van der Waals surface area contributed by atoms with Gasteiger partial charge in [0.25, 0.3) is 11.6 Å². The van der Waals surface area contributed by atoms with Gasteiger partial charge in [-0.3, -0.25) is 0 Å². The molecule has 0 radical (unpaired) electrons. The van der Waals surface area contributed by atoms with Gasteiger partial charge in [-0.1, -0.05) is 23.2 Å². The minimum atomic E-state index is -1.22. The Balaban J connectivity index is 2.30. The molecule has 3 aromatic rings. The maximum absolute atomic E-state index is 10.9. The van der Waals surface area contributed by atoms with Gasteiger partial charge in [-0.05, 0) is 24.3 Å². The summed E-state index contributed by atoms with van der Waals surface area (Å²) in [7, 11) is 0. The molecule has 0 fully saturated rings. The lowest BCUT2D eigenvalue weighted by Gasteiger charge is -2.06. The van der Waals surface area contributed by atoms with Crippen molar-refractivity contribution >= 4 is 34.9 Å². The first-order valence-corrected chi connectivity index (χ1v) is 6.22. The summed E-state index contributed by atoms with van der Waals surface area (Å²) in [4.78, 5) is 18.7. The Hall–Kier alpha value is -2.18. The number of benzene rings is 1. The van der Waals surface area contributed by atoms with E-state index in [4.69, 9.17) is 28.3 Å². The van der Waals surface area contributed by atoms with Crippen molar-refractivity contribution in [3.05, 3.63) is 46.3 Å². The Morgan fingerprint density at radius 3 is 2.80 bits per heavy atom. The molecule has 0 aliphatic rings. The minimum Gasteiger partial charge on any atom is -0.475 e. The third kappa shape index (κ3) is 2.09. The van der Waals surface area contributed by atoms with Crippen LogP contribution in [0.4, 0.5) is 0 Å². The molecule has 0 saturated carbocycles. The second kappa shape index (κ2) is 4.73. The molecule has 0 atom stereocenters. The van der Waals surface area contributed by atoms with Crippen molar-refractivity contribution in [3.8, 4) is 11.3 Å². The highest BCUT2D eigenvalue weighted by Crippen LogP contribution is 2.30. The van der Waals surface area contributed by atoms with Crippen molar-refractivity contribution in [1.29, 1.82) is 0 Å². The molecule has 6 nitrogen and oxygen atoms in total. The van der Waals surface area contributed by atoms with Crippen LogP contribution in [-0.2, 0) is 0 Å². The highest BCUT2D eigenvalue weighted by atomic mass is 35.5. The highest BCUT2D eigenvalue weighted by Gasteiger charge is 2.15. The summed E-state index contributed by atoms with van der Waals surface area (Å²) in [5.74, 6) is -1.38. The third-order valence-corrected chi connectivity index (χ3v) is 3.20. The first kappa shape index (κ1) is 12.8. The van der Waals surface area contributed by atoms with Crippen LogP contribution in [-0.4, -0.2) is 30.7 Å². The normalized spacial score (nSPS) is 10.9. The number of hydrogen-bond acceptors (Lipinski definition) is 4. The van der Waals surface area contributed by atoms with Gasteiger partial charge in [-0.15, -0.1) is 5.10 Å². The smallest absolute Gasteiger partial charge is 0.375 e. The van der Waals surface area contributed by atoms with Crippen molar-refractivity contribution in [2.45, 2.75) is 0 Å². The third-order valence-electron chi connectivity index (χ3n) is 2.64. The van der Waals surface area contributed by atoms with Crippen molar-refractivity contribution in [1.82, 2.24) is 19.6 Å². The molecule has 0 saturated heterocycles. The molecule has 8 heteroatoms. The molecular formula is C12H6Cl2N4O2. The Labute approximate surface area is 122 Å². The number of hydrogen-bond donors (Lipinski definition) is 1. The van der Waals surface area contributed by atoms with Crippen LogP contribution in [0.25, 0.3) is 17.0 Å². The topological polar surface area (TPSA) is 80.4 Å². The van der Waals surface area contributed by atoms with E-state index < -0.39 is 5.97 Å². The summed E-state index contributed by atoms with van der Waals surface area (Å²) in [5.41, 5.74) is 1.18. The van der Waals surface area contributed by atoms with Crippen molar-refractivity contribution in [2.24, 2.45) is 0 Å². The number of rotatable bonds is 2. The molecule has 0 spiro atoms. The monoisotopic (exact) mass is 308 g/mol. The van der Waals surface area contributed by atoms with Crippen molar-refractivity contribution < 1.29 is 9.90 Å². The van der Waals surface area contributed by atoms with Gasteiger partial charge >= 0.3 is 5.97 Å². The van der Waals surface area contributed by atoms with Crippen LogP contribution in [0.15, 0.2) is 30.5 Å². The summed E-state index contributed by atoms with van der Waals surface area (Å²) < 4.78 is 1.32. The van der Waals surface area contributed by atoms with Gasteiger partial charge in [0.1, 0.15) is 0 Å².